The first-order valence-electron chi connectivity index (χ1n) is 4.43. The van der Waals surface area contributed by atoms with Gasteiger partial charge in [-0.25, -0.2) is 0 Å². The number of hydrogen-bond donors (Lipinski definition) is 0. The minimum atomic E-state index is 0.719. The van der Waals surface area contributed by atoms with Gasteiger partial charge < -0.3 is 0 Å². The van der Waals surface area contributed by atoms with Gasteiger partial charge in [-0.1, -0.05) is 0 Å². The Kier molecular flexibility index (Phi) is 7.00. The van der Waals surface area contributed by atoms with Crippen molar-refractivity contribution in [2.45, 2.75) is 46.0 Å². The van der Waals surface area contributed by atoms with Crippen LogP contribution in [0.4, 0.5) is 0 Å². The van der Waals surface area contributed by atoms with E-state index in [0.717, 1.165) is 5.92 Å². The quantitative estimate of drug-likeness (QED) is 0.390. The molecule has 0 aromatic carbocycles. The van der Waals surface area contributed by atoms with Crippen LogP contribution in [0.3, 0.4) is 0 Å². The van der Waals surface area contributed by atoms with Gasteiger partial charge in [0.2, 0.25) is 0 Å². The van der Waals surface area contributed by atoms with Gasteiger partial charge in [0.05, 0.1) is 0 Å². The average molecular weight is 138 g/mol. The van der Waals surface area contributed by atoms with Crippen LogP contribution in [0.5, 0.6) is 0 Å². The fourth-order valence-electron chi connectivity index (χ4n) is 1.01. The molecule has 1 unspecified atom stereocenters. The summed E-state index contributed by atoms with van der Waals surface area (Å²) in [5.74, 6) is 2.77. The Labute approximate surface area is 66.1 Å². The maximum absolute atomic E-state index is 3.76. The maximum atomic E-state index is 3.76. The molecule has 0 amide bonds. The van der Waals surface area contributed by atoms with Crippen molar-refractivity contribution in [1.82, 2.24) is 0 Å². The molecule has 0 heterocycles. The second-order valence-corrected chi connectivity index (χ2v) is 3.06. The summed E-state index contributed by atoms with van der Waals surface area (Å²) in [7, 11) is 3.76. The van der Waals surface area contributed by atoms with E-state index in [1.54, 1.807) is 0 Å². The van der Waals surface area contributed by atoms with E-state index in [9.17, 15) is 0 Å². The molecule has 0 saturated carbocycles. The molecule has 0 aromatic rings. The average Bonchev–Trinajstić information content (AvgIpc) is 1.98. The Balaban J connectivity index is 2.95. The van der Waals surface area contributed by atoms with Crippen LogP contribution in [-0.4, -0.2) is 13.5 Å². The molecule has 0 N–H and O–H groups in total. The molecule has 0 radical (unpaired) electrons. The molecule has 0 nitrogen and oxygen atoms in total. The zero-order chi connectivity index (χ0) is 7.82. The van der Waals surface area contributed by atoms with Crippen LogP contribution >= 0.6 is 0 Å². The predicted octanol–water partition coefficient (Wildman–Crippen LogP) is 2.30. The van der Waals surface area contributed by atoms with Crippen molar-refractivity contribution >= 4 is 13.5 Å². The van der Waals surface area contributed by atoms with Gasteiger partial charge in [0.25, 0.3) is 0 Å². The van der Waals surface area contributed by atoms with Crippen LogP contribution in [0, 0.1) is 5.92 Å². The minimum absolute atomic E-state index is 0.719. The summed E-state index contributed by atoms with van der Waals surface area (Å²) in [6.45, 7) is 4.48. The summed E-state index contributed by atoms with van der Waals surface area (Å²) in [5.41, 5.74) is 0. The molecule has 0 aliphatic heterocycles. The number of hydrogen-bond acceptors (Lipinski definition) is 0. The Bertz CT molecular complexity index is 78.8. The summed E-state index contributed by atoms with van der Waals surface area (Å²) in [6, 6.07) is 0. The summed E-state index contributed by atoms with van der Waals surface area (Å²) in [4.78, 5) is 0. The van der Waals surface area contributed by atoms with E-state index >= 15 is 0 Å². The van der Waals surface area contributed by atoms with E-state index in [1.807, 2.05) is 5.97 Å². The Morgan fingerprint density at radius 3 is 2.50 bits per heavy atom. The van der Waals surface area contributed by atoms with E-state index in [4.69, 9.17) is 0 Å². The molecule has 58 valence electrons. The first kappa shape index (κ1) is 9.93. The van der Waals surface area contributed by atoms with Crippen molar-refractivity contribution in [1.29, 1.82) is 0 Å². The predicted molar refractivity (Wildman–Crippen MR) is 51.1 cm³/mol. The van der Waals surface area contributed by atoms with Crippen molar-refractivity contribution in [2.24, 2.45) is 5.92 Å². The van der Waals surface area contributed by atoms with Crippen molar-refractivity contribution in [3.63, 3.8) is 0 Å². The molecule has 0 rings (SSSR count). The molecule has 0 fully saturated rings. The fourth-order valence-corrected chi connectivity index (χ4v) is 1.01. The Morgan fingerprint density at radius 2 is 2.00 bits per heavy atom. The third-order valence-corrected chi connectivity index (χ3v) is 1.92. The Hall–Kier alpha value is -0.0651. The summed E-state index contributed by atoms with van der Waals surface area (Å²) >= 11 is 0. The van der Waals surface area contributed by atoms with Crippen molar-refractivity contribution in [3.8, 4) is 0 Å². The van der Waals surface area contributed by atoms with E-state index < -0.39 is 0 Å². The first-order valence-corrected chi connectivity index (χ1v) is 4.43. The van der Waals surface area contributed by atoms with Gasteiger partial charge in [0, 0.05) is 0 Å². The molecular weight excluding hydrogens is 119 g/mol. The number of unbranched alkanes of at least 4 members (excludes halogenated alkanes) is 3. The molecule has 0 bridgehead atoms. The van der Waals surface area contributed by atoms with E-state index in [0.29, 0.717) is 0 Å². The first-order chi connectivity index (χ1) is 4.81. The standard InChI is InChI=1S/C9H19B/c1-3-4-5-6-7-9(2)8-10/h8-10H,3-7H2,1-2H3. The van der Waals surface area contributed by atoms with Gasteiger partial charge >= 0.3 is 65.3 Å². The topological polar surface area (TPSA) is 0 Å². The molecule has 1 atom stereocenters. The monoisotopic (exact) mass is 138 g/mol. The molecule has 1 heteroatoms. The second kappa shape index (κ2) is 7.05. The summed E-state index contributed by atoms with van der Waals surface area (Å²) < 4.78 is 0. The fraction of sp³-hybridized carbons (Fsp3) is 0.889. The molecule has 0 saturated heterocycles. The zero-order valence-electron chi connectivity index (χ0n) is 7.40. The normalized spacial score (nSPS) is 12.9. The summed E-state index contributed by atoms with van der Waals surface area (Å²) in [6.07, 6.45) is 6.82. The number of rotatable bonds is 6. The zero-order valence-corrected chi connectivity index (χ0v) is 7.40. The van der Waals surface area contributed by atoms with Gasteiger partial charge in [-0.3, -0.25) is 0 Å². The molecule has 0 aliphatic carbocycles. The van der Waals surface area contributed by atoms with Crippen molar-refractivity contribution in [3.05, 3.63) is 0 Å². The molecule has 0 spiro atoms. The Morgan fingerprint density at radius 1 is 1.30 bits per heavy atom. The van der Waals surface area contributed by atoms with Crippen molar-refractivity contribution < 1.29 is 0 Å². The van der Waals surface area contributed by atoms with Gasteiger partial charge in [-0.15, -0.1) is 0 Å². The third-order valence-electron chi connectivity index (χ3n) is 1.92. The van der Waals surface area contributed by atoms with Crippen LogP contribution in [0.1, 0.15) is 46.0 Å². The third kappa shape index (κ3) is 6.06. The van der Waals surface area contributed by atoms with Crippen LogP contribution in [0.25, 0.3) is 0 Å². The van der Waals surface area contributed by atoms with Gasteiger partial charge in [0.1, 0.15) is 0 Å². The van der Waals surface area contributed by atoms with E-state index in [-0.39, 0.29) is 0 Å². The van der Waals surface area contributed by atoms with E-state index in [1.165, 1.54) is 32.1 Å². The van der Waals surface area contributed by atoms with E-state index in [2.05, 4.69) is 21.3 Å². The van der Waals surface area contributed by atoms with Crippen molar-refractivity contribution in [2.75, 3.05) is 0 Å². The van der Waals surface area contributed by atoms with Crippen LogP contribution in [-0.2, 0) is 0 Å². The molecule has 0 aromatic heterocycles. The summed E-state index contributed by atoms with van der Waals surface area (Å²) in [5, 5.41) is 0. The molecule has 10 heavy (non-hydrogen) atoms. The second-order valence-electron chi connectivity index (χ2n) is 3.06. The SMILES string of the molecule is B=CC(C)CCCCCC. The van der Waals surface area contributed by atoms with Gasteiger partial charge in [-0.2, -0.15) is 0 Å². The van der Waals surface area contributed by atoms with Gasteiger partial charge in [-0.05, 0) is 0 Å². The molecular formula is C9H19B. The van der Waals surface area contributed by atoms with Crippen LogP contribution in [0.2, 0.25) is 0 Å². The van der Waals surface area contributed by atoms with Gasteiger partial charge in [0.15, 0.2) is 0 Å². The molecule has 0 aliphatic rings. The van der Waals surface area contributed by atoms with Crippen LogP contribution in [0.15, 0.2) is 0 Å². The van der Waals surface area contributed by atoms with Crippen LogP contribution < -0.4 is 0 Å².